The lowest BCUT2D eigenvalue weighted by molar-refractivity contribution is 0.583. The molecule has 1 N–H and O–H groups in total. The highest BCUT2D eigenvalue weighted by atomic mass is 32.2. The van der Waals surface area contributed by atoms with E-state index in [9.17, 15) is 8.60 Å². The molecule has 0 bridgehead atoms. The minimum Gasteiger partial charge on any atom is -0.311 e. The molecule has 1 aromatic rings. The molecule has 17 heavy (non-hydrogen) atoms. The summed E-state index contributed by atoms with van der Waals surface area (Å²) in [5.74, 6) is -0.479. The zero-order chi connectivity index (χ0) is 12.8. The van der Waals surface area contributed by atoms with E-state index in [1.807, 2.05) is 6.92 Å². The van der Waals surface area contributed by atoms with Gasteiger partial charge >= 0.3 is 0 Å². The van der Waals surface area contributed by atoms with E-state index in [-0.39, 0.29) is 10.8 Å². The molecule has 0 aliphatic rings. The molecule has 2 unspecified atom stereocenters. The van der Waals surface area contributed by atoms with Crippen molar-refractivity contribution in [2.24, 2.45) is 0 Å². The molecule has 0 saturated carbocycles. The second kappa shape index (κ2) is 6.48. The maximum absolute atomic E-state index is 13.6. The van der Waals surface area contributed by atoms with Crippen molar-refractivity contribution < 1.29 is 8.60 Å². The van der Waals surface area contributed by atoms with Crippen LogP contribution in [0.15, 0.2) is 18.2 Å². The molecule has 0 amide bonds. The molecule has 0 aliphatic carbocycles. The summed E-state index contributed by atoms with van der Waals surface area (Å²) in [5, 5.41) is 11.7. The topological polar surface area (TPSA) is 52.9 Å². The number of halogens is 1. The van der Waals surface area contributed by atoms with Crippen molar-refractivity contribution in [3.05, 3.63) is 35.1 Å². The Hall–Kier alpha value is -1.25. The summed E-state index contributed by atoms with van der Waals surface area (Å²) in [6.07, 6.45) is 1.64. The van der Waals surface area contributed by atoms with Crippen molar-refractivity contribution >= 4 is 10.8 Å². The fourth-order valence-electron chi connectivity index (χ4n) is 1.33. The van der Waals surface area contributed by atoms with Gasteiger partial charge in [0, 0.05) is 41.0 Å². The average Bonchev–Trinajstić information content (AvgIpc) is 2.31. The normalized spacial score (nSPS) is 14.0. The Bertz CT molecular complexity index is 456. The predicted molar refractivity (Wildman–Crippen MR) is 66.4 cm³/mol. The first kappa shape index (κ1) is 13.8. The summed E-state index contributed by atoms with van der Waals surface area (Å²) in [6.45, 7) is 2.76. The highest BCUT2D eigenvalue weighted by molar-refractivity contribution is 7.84. The van der Waals surface area contributed by atoms with Crippen LogP contribution in [0.4, 0.5) is 4.39 Å². The van der Waals surface area contributed by atoms with Gasteiger partial charge in [-0.15, -0.1) is 0 Å². The van der Waals surface area contributed by atoms with Crippen LogP contribution in [0.2, 0.25) is 0 Å². The van der Waals surface area contributed by atoms with Crippen molar-refractivity contribution in [3.63, 3.8) is 0 Å². The first-order chi connectivity index (χ1) is 8.06. The molecule has 0 aliphatic heterocycles. The Kier molecular flexibility index (Phi) is 5.26. The molecule has 2 atom stereocenters. The summed E-state index contributed by atoms with van der Waals surface area (Å²) < 4.78 is 24.7. The molecule has 1 rings (SSSR count). The minimum atomic E-state index is -0.888. The monoisotopic (exact) mass is 254 g/mol. The quantitative estimate of drug-likeness (QED) is 0.867. The number of rotatable bonds is 5. The van der Waals surface area contributed by atoms with Crippen LogP contribution in [0.25, 0.3) is 0 Å². The van der Waals surface area contributed by atoms with Crippen molar-refractivity contribution in [2.75, 3.05) is 12.8 Å². The molecule has 0 radical (unpaired) electrons. The molecule has 0 fully saturated rings. The number of nitrogens with one attached hydrogen (secondary N) is 1. The van der Waals surface area contributed by atoms with Gasteiger partial charge in [0.15, 0.2) is 0 Å². The van der Waals surface area contributed by atoms with Crippen LogP contribution in [0.5, 0.6) is 0 Å². The van der Waals surface area contributed by atoms with Crippen LogP contribution < -0.4 is 5.32 Å². The number of hydrogen-bond acceptors (Lipinski definition) is 3. The lowest BCUT2D eigenvalue weighted by atomic mass is 10.1. The van der Waals surface area contributed by atoms with Gasteiger partial charge in [-0.1, -0.05) is 12.1 Å². The fraction of sp³-hybridized carbons (Fsp3) is 0.417. The number of benzene rings is 1. The molecule has 0 saturated heterocycles. The van der Waals surface area contributed by atoms with E-state index < -0.39 is 16.6 Å². The number of nitriles is 1. The van der Waals surface area contributed by atoms with Crippen molar-refractivity contribution in [3.8, 4) is 6.07 Å². The van der Waals surface area contributed by atoms with Crippen LogP contribution in [0.1, 0.15) is 18.1 Å². The third-order valence-electron chi connectivity index (χ3n) is 2.51. The zero-order valence-electron chi connectivity index (χ0n) is 9.87. The lowest BCUT2D eigenvalue weighted by Crippen LogP contribution is -2.27. The van der Waals surface area contributed by atoms with Gasteiger partial charge in [-0.3, -0.25) is 4.21 Å². The van der Waals surface area contributed by atoms with Crippen LogP contribution in [0.3, 0.4) is 0 Å². The molecule has 3 nitrogen and oxygen atoms in total. The summed E-state index contributed by atoms with van der Waals surface area (Å²) in [7, 11) is -0.888. The summed E-state index contributed by atoms with van der Waals surface area (Å²) in [5.41, 5.74) is 0.509. The highest BCUT2D eigenvalue weighted by Crippen LogP contribution is 2.11. The smallest absolute Gasteiger partial charge is 0.145 e. The van der Waals surface area contributed by atoms with Gasteiger partial charge in [0.1, 0.15) is 11.9 Å². The molecule has 0 heterocycles. The molecule has 92 valence electrons. The van der Waals surface area contributed by atoms with E-state index in [0.717, 1.165) is 0 Å². The maximum Gasteiger partial charge on any atom is 0.145 e. The molecule has 0 spiro atoms. The Morgan fingerprint density at radius 3 is 2.88 bits per heavy atom. The summed E-state index contributed by atoms with van der Waals surface area (Å²) in [4.78, 5) is 0. The minimum absolute atomic E-state index is 0.0252. The summed E-state index contributed by atoms with van der Waals surface area (Å²) in [6, 6.07) is 6.54. The van der Waals surface area contributed by atoms with Gasteiger partial charge in [-0.2, -0.15) is 5.26 Å². The van der Waals surface area contributed by atoms with Crippen molar-refractivity contribution in [1.82, 2.24) is 5.32 Å². The van der Waals surface area contributed by atoms with E-state index in [2.05, 4.69) is 5.32 Å². The average molecular weight is 254 g/mol. The Labute approximate surface area is 103 Å². The fourth-order valence-corrected chi connectivity index (χ4v) is 1.68. The van der Waals surface area contributed by atoms with Crippen molar-refractivity contribution in [2.45, 2.75) is 18.7 Å². The second-order valence-corrected chi connectivity index (χ2v) is 5.63. The summed E-state index contributed by atoms with van der Waals surface area (Å²) >= 11 is 0. The Morgan fingerprint density at radius 2 is 2.29 bits per heavy atom. The van der Waals surface area contributed by atoms with E-state index in [4.69, 9.17) is 5.26 Å². The van der Waals surface area contributed by atoms with Gasteiger partial charge in [0.2, 0.25) is 0 Å². The molecule has 1 aromatic carbocycles. The SMILES string of the molecule is CC(CNCc1cccc(C#N)c1F)S(C)=O. The van der Waals surface area contributed by atoms with Crippen LogP contribution in [-0.2, 0) is 17.3 Å². The third-order valence-corrected chi connectivity index (χ3v) is 3.81. The van der Waals surface area contributed by atoms with Crippen LogP contribution in [0, 0.1) is 17.1 Å². The Balaban J connectivity index is 2.59. The second-order valence-electron chi connectivity index (χ2n) is 3.83. The Morgan fingerprint density at radius 1 is 1.59 bits per heavy atom. The first-order valence-corrected chi connectivity index (χ1v) is 6.88. The number of nitrogens with zero attached hydrogens (tertiary/aromatic N) is 1. The first-order valence-electron chi connectivity index (χ1n) is 5.26. The molecule has 0 aromatic heterocycles. The van der Waals surface area contributed by atoms with E-state index in [0.29, 0.717) is 18.7 Å². The predicted octanol–water partition coefficient (Wildman–Crippen LogP) is 1.55. The van der Waals surface area contributed by atoms with Crippen molar-refractivity contribution in [1.29, 1.82) is 5.26 Å². The lowest BCUT2D eigenvalue weighted by Gasteiger charge is -2.10. The molecular formula is C12H15FN2OS. The van der Waals surface area contributed by atoms with E-state index >= 15 is 0 Å². The van der Waals surface area contributed by atoms with Crippen LogP contribution >= 0.6 is 0 Å². The van der Waals surface area contributed by atoms with E-state index in [1.165, 1.54) is 6.07 Å². The highest BCUT2D eigenvalue weighted by Gasteiger charge is 2.09. The van der Waals surface area contributed by atoms with Crippen LogP contribution in [-0.4, -0.2) is 22.3 Å². The largest absolute Gasteiger partial charge is 0.311 e. The molecular weight excluding hydrogens is 239 g/mol. The number of hydrogen-bond donors (Lipinski definition) is 1. The van der Waals surface area contributed by atoms with E-state index in [1.54, 1.807) is 24.5 Å². The third kappa shape index (κ3) is 3.91. The maximum atomic E-state index is 13.6. The standard InChI is InChI=1S/C12H15FN2OS/c1-9(17(2)16)7-15-8-11-5-3-4-10(6-14)12(11)13/h3-5,9,15H,7-8H2,1-2H3. The van der Waals surface area contributed by atoms with Gasteiger partial charge in [0.25, 0.3) is 0 Å². The van der Waals surface area contributed by atoms with Gasteiger partial charge in [-0.05, 0) is 13.0 Å². The van der Waals surface area contributed by atoms with Gasteiger partial charge in [-0.25, -0.2) is 4.39 Å². The zero-order valence-corrected chi connectivity index (χ0v) is 10.7. The van der Waals surface area contributed by atoms with Gasteiger partial charge < -0.3 is 5.32 Å². The van der Waals surface area contributed by atoms with Gasteiger partial charge in [0.05, 0.1) is 5.56 Å². The molecule has 5 heteroatoms.